The molecule has 0 aliphatic carbocycles. The van der Waals surface area contributed by atoms with Gasteiger partial charge >= 0.3 is 0 Å². The van der Waals surface area contributed by atoms with E-state index in [-0.39, 0.29) is 0 Å². The fourth-order valence-electron chi connectivity index (χ4n) is 1.23. The van der Waals surface area contributed by atoms with Crippen LogP contribution in [0, 0.1) is 0 Å². The lowest BCUT2D eigenvalue weighted by Crippen LogP contribution is -2.26. The molecule has 4 nitrogen and oxygen atoms in total. The molecule has 0 spiro atoms. The summed E-state index contributed by atoms with van der Waals surface area (Å²) in [7, 11) is 2.09. The van der Waals surface area contributed by atoms with E-state index in [9.17, 15) is 0 Å². The maximum atomic E-state index is 4.03. The summed E-state index contributed by atoms with van der Waals surface area (Å²) in [6, 6.07) is 0. The van der Waals surface area contributed by atoms with Crippen LogP contribution < -0.4 is 0 Å². The topological polar surface area (TPSA) is 44.8 Å². The number of rotatable bonds is 0. The van der Waals surface area contributed by atoms with E-state index in [2.05, 4.69) is 27.4 Å². The van der Waals surface area contributed by atoms with Crippen molar-refractivity contribution in [2.24, 2.45) is 0 Å². The van der Waals surface area contributed by atoms with Crippen LogP contribution in [0.15, 0.2) is 0 Å². The molecule has 0 saturated heterocycles. The second-order valence-electron chi connectivity index (χ2n) is 2.70. The van der Waals surface area contributed by atoms with Gasteiger partial charge in [0.25, 0.3) is 0 Å². The highest BCUT2D eigenvalue weighted by Crippen LogP contribution is 2.10. The second kappa shape index (κ2) is 7.50. The van der Waals surface area contributed by atoms with E-state index in [4.69, 9.17) is 0 Å². The number of fused-ring (bicyclic) bond motifs is 1. The van der Waals surface area contributed by atoms with Crippen molar-refractivity contribution in [1.29, 1.82) is 0 Å². The average molecular weight is 198 g/mol. The van der Waals surface area contributed by atoms with Crippen LogP contribution in [-0.2, 0) is 13.0 Å². The molecule has 2 rings (SSSR count). The Balaban J connectivity index is 0.000000379. The third-order valence-corrected chi connectivity index (χ3v) is 1.85. The van der Waals surface area contributed by atoms with E-state index in [1.807, 2.05) is 27.7 Å². The highest BCUT2D eigenvalue weighted by Gasteiger charge is 2.15. The molecule has 14 heavy (non-hydrogen) atoms. The standard InChI is InChI=1S/C6H10N4.2C2H6/c1-10-3-2-5-6(4-10)8-9-7-5;2*1-2/h2-4H2,1H3,(H,7,8,9);2*1-2H3. The molecule has 0 aromatic carbocycles. The molecule has 0 saturated carbocycles. The SMILES string of the molecule is CC.CC.CN1CCc2n[nH]nc2C1. The molecule has 2 heterocycles. The second-order valence-corrected chi connectivity index (χ2v) is 2.70. The minimum atomic E-state index is 0.936. The largest absolute Gasteiger partial charge is 0.300 e. The molecule has 1 aromatic rings. The summed E-state index contributed by atoms with van der Waals surface area (Å²) in [5.41, 5.74) is 2.24. The molecule has 0 radical (unpaired) electrons. The number of H-pyrrole nitrogens is 1. The number of hydrogen-bond donors (Lipinski definition) is 1. The number of nitrogens with zero attached hydrogens (tertiary/aromatic N) is 3. The van der Waals surface area contributed by atoms with Crippen molar-refractivity contribution >= 4 is 0 Å². The molecule has 0 unspecified atom stereocenters. The fourth-order valence-corrected chi connectivity index (χ4v) is 1.23. The molecule has 82 valence electrons. The Kier molecular flexibility index (Phi) is 7.02. The normalized spacial score (nSPS) is 14.4. The van der Waals surface area contributed by atoms with Crippen molar-refractivity contribution in [1.82, 2.24) is 20.3 Å². The lowest BCUT2D eigenvalue weighted by molar-refractivity contribution is 0.307. The van der Waals surface area contributed by atoms with Gasteiger partial charge in [-0.15, -0.1) is 0 Å². The zero-order valence-electron chi connectivity index (χ0n) is 9.96. The summed E-state index contributed by atoms with van der Waals surface area (Å²) in [6.45, 7) is 10.0. The van der Waals surface area contributed by atoms with Gasteiger partial charge in [-0.1, -0.05) is 27.7 Å². The molecule has 1 aliphatic heterocycles. The summed E-state index contributed by atoms with van der Waals surface area (Å²) in [5.74, 6) is 0. The Labute approximate surface area is 86.7 Å². The first-order valence-corrected chi connectivity index (χ1v) is 5.43. The van der Waals surface area contributed by atoms with Gasteiger partial charge in [-0.05, 0) is 7.05 Å². The molecule has 0 atom stereocenters. The first-order chi connectivity index (χ1) is 6.86. The summed E-state index contributed by atoms with van der Waals surface area (Å²) < 4.78 is 0. The van der Waals surface area contributed by atoms with E-state index in [0.29, 0.717) is 0 Å². The zero-order chi connectivity index (χ0) is 11.0. The first kappa shape index (κ1) is 13.1. The van der Waals surface area contributed by atoms with Crippen molar-refractivity contribution in [2.75, 3.05) is 13.6 Å². The average Bonchev–Trinajstić information content (AvgIpc) is 2.71. The molecule has 1 N–H and O–H groups in total. The maximum Gasteiger partial charge on any atom is 0.0997 e. The number of aromatic nitrogens is 3. The van der Waals surface area contributed by atoms with Gasteiger partial charge in [0.15, 0.2) is 0 Å². The third-order valence-electron chi connectivity index (χ3n) is 1.85. The zero-order valence-corrected chi connectivity index (χ0v) is 9.96. The Morgan fingerprint density at radius 3 is 2.29 bits per heavy atom. The Hall–Kier alpha value is -0.900. The first-order valence-electron chi connectivity index (χ1n) is 5.43. The summed E-state index contributed by atoms with van der Waals surface area (Å²) in [4.78, 5) is 2.24. The monoisotopic (exact) mass is 198 g/mol. The van der Waals surface area contributed by atoms with E-state index in [1.165, 1.54) is 0 Å². The Morgan fingerprint density at radius 2 is 1.64 bits per heavy atom. The van der Waals surface area contributed by atoms with E-state index < -0.39 is 0 Å². The van der Waals surface area contributed by atoms with Crippen LogP contribution in [0.1, 0.15) is 39.1 Å². The fraction of sp³-hybridized carbons (Fsp3) is 0.800. The predicted octanol–water partition coefficient (Wildman–Crippen LogP) is 1.84. The van der Waals surface area contributed by atoms with Crippen molar-refractivity contribution < 1.29 is 0 Å². The number of nitrogens with one attached hydrogen (secondary N) is 1. The van der Waals surface area contributed by atoms with Crippen LogP contribution in [0.5, 0.6) is 0 Å². The van der Waals surface area contributed by atoms with Crippen molar-refractivity contribution in [3.63, 3.8) is 0 Å². The van der Waals surface area contributed by atoms with Crippen LogP contribution in [0.3, 0.4) is 0 Å². The highest BCUT2D eigenvalue weighted by molar-refractivity contribution is 5.11. The van der Waals surface area contributed by atoms with Crippen LogP contribution in [0.2, 0.25) is 0 Å². The minimum Gasteiger partial charge on any atom is -0.300 e. The van der Waals surface area contributed by atoms with Crippen LogP contribution >= 0.6 is 0 Å². The molecule has 4 heteroatoms. The van der Waals surface area contributed by atoms with Gasteiger partial charge in [-0.3, -0.25) is 0 Å². The number of aromatic amines is 1. The Morgan fingerprint density at radius 1 is 1.07 bits per heavy atom. The van der Waals surface area contributed by atoms with E-state index in [0.717, 1.165) is 30.9 Å². The summed E-state index contributed by atoms with van der Waals surface area (Å²) in [5, 5.41) is 10.7. The van der Waals surface area contributed by atoms with Gasteiger partial charge in [0.2, 0.25) is 0 Å². The van der Waals surface area contributed by atoms with Crippen LogP contribution in [0.25, 0.3) is 0 Å². The maximum absolute atomic E-state index is 4.03. The van der Waals surface area contributed by atoms with Gasteiger partial charge in [-0.2, -0.15) is 15.4 Å². The predicted molar refractivity (Wildman–Crippen MR) is 59.1 cm³/mol. The van der Waals surface area contributed by atoms with Crippen molar-refractivity contribution in [2.45, 2.75) is 40.7 Å². The van der Waals surface area contributed by atoms with E-state index >= 15 is 0 Å². The molecule has 1 aromatic heterocycles. The number of hydrogen-bond acceptors (Lipinski definition) is 3. The highest BCUT2D eigenvalue weighted by atomic mass is 15.3. The summed E-state index contributed by atoms with van der Waals surface area (Å²) in [6.07, 6.45) is 1.03. The molecule has 0 bridgehead atoms. The van der Waals surface area contributed by atoms with E-state index in [1.54, 1.807) is 0 Å². The van der Waals surface area contributed by atoms with Gasteiger partial charge in [0, 0.05) is 19.5 Å². The van der Waals surface area contributed by atoms with Crippen molar-refractivity contribution in [3.05, 3.63) is 11.4 Å². The van der Waals surface area contributed by atoms with Crippen LogP contribution in [0.4, 0.5) is 0 Å². The van der Waals surface area contributed by atoms with Gasteiger partial charge in [-0.25, -0.2) is 0 Å². The quantitative estimate of drug-likeness (QED) is 0.692. The lowest BCUT2D eigenvalue weighted by Gasteiger charge is -2.19. The third kappa shape index (κ3) is 3.46. The molecule has 0 amide bonds. The minimum absolute atomic E-state index is 0.936. The van der Waals surface area contributed by atoms with Gasteiger partial charge < -0.3 is 4.90 Å². The molecular weight excluding hydrogens is 176 g/mol. The lowest BCUT2D eigenvalue weighted by atomic mass is 10.2. The van der Waals surface area contributed by atoms with Gasteiger partial charge in [0.1, 0.15) is 0 Å². The Bertz CT molecular complexity index is 232. The summed E-state index contributed by atoms with van der Waals surface area (Å²) >= 11 is 0. The number of likely N-dealkylation sites (N-methyl/N-ethyl adjacent to an activating group) is 1. The van der Waals surface area contributed by atoms with Crippen LogP contribution in [-0.4, -0.2) is 33.9 Å². The molecular formula is C10H22N4. The van der Waals surface area contributed by atoms with Gasteiger partial charge in [0.05, 0.1) is 11.4 Å². The molecule has 0 fully saturated rings. The molecule has 1 aliphatic rings. The smallest absolute Gasteiger partial charge is 0.0997 e. The van der Waals surface area contributed by atoms with Crippen molar-refractivity contribution in [3.8, 4) is 0 Å².